The van der Waals surface area contributed by atoms with E-state index < -0.39 is 23.4 Å². The predicted octanol–water partition coefficient (Wildman–Crippen LogP) is 6.66. The van der Waals surface area contributed by atoms with Crippen LogP contribution in [-0.4, -0.2) is 36.5 Å². The fourth-order valence-corrected chi connectivity index (χ4v) is 7.03. The summed E-state index contributed by atoms with van der Waals surface area (Å²) in [6.07, 6.45) is 3.88. The second-order valence-electron chi connectivity index (χ2n) is 10.4. The van der Waals surface area contributed by atoms with Crippen molar-refractivity contribution in [3.63, 3.8) is 0 Å². The minimum absolute atomic E-state index is 0.192. The first-order valence-corrected chi connectivity index (χ1v) is 13.5. The number of anilines is 1. The average Bonchev–Trinajstić information content (AvgIpc) is 3.43. The first-order valence-electron chi connectivity index (χ1n) is 13.1. The topological polar surface area (TPSA) is 63.7 Å². The molecule has 0 radical (unpaired) electrons. The molecule has 1 spiro atoms. The van der Waals surface area contributed by atoms with Gasteiger partial charge in [-0.25, -0.2) is 0 Å². The number of para-hydroxylation sites is 1. The van der Waals surface area contributed by atoms with Crippen molar-refractivity contribution >= 4 is 40.7 Å². The van der Waals surface area contributed by atoms with E-state index in [1.807, 2.05) is 53.5 Å². The van der Waals surface area contributed by atoms with Crippen LogP contribution in [0.2, 0.25) is 5.02 Å². The Morgan fingerprint density at radius 2 is 1.52 bits per heavy atom. The second-order valence-corrected chi connectivity index (χ2v) is 10.8. The van der Waals surface area contributed by atoms with Crippen molar-refractivity contribution < 1.29 is 19.1 Å². The number of benzene rings is 4. The molecule has 0 saturated carbocycles. The second kappa shape index (κ2) is 9.04. The molecule has 40 heavy (non-hydrogen) atoms. The number of hydrogen-bond donors (Lipinski definition) is 0. The van der Waals surface area contributed by atoms with Gasteiger partial charge in [0, 0.05) is 33.3 Å². The van der Waals surface area contributed by atoms with E-state index in [0.29, 0.717) is 33.0 Å². The zero-order valence-electron chi connectivity index (χ0n) is 21.6. The van der Waals surface area contributed by atoms with Gasteiger partial charge in [0.25, 0.3) is 0 Å². The van der Waals surface area contributed by atoms with Crippen molar-refractivity contribution in [2.45, 2.75) is 18.0 Å². The van der Waals surface area contributed by atoms with Gasteiger partial charge >= 0.3 is 0 Å². The summed E-state index contributed by atoms with van der Waals surface area (Å²) in [5.41, 5.74) is 2.14. The molecule has 1 saturated heterocycles. The Morgan fingerprint density at radius 3 is 2.23 bits per heavy atom. The monoisotopic (exact) mass is 545 g/mol. The molecule has 6 heteroatoms. The third kappa shape index (κ3) is 3.24. The van der Waals surface area contributed by atoms with Crippen LogP contribution in [0.25, 0.3) is 6.08 Å². The molecule has 0 bridgehead atoms. The van der Waals surface area contributed by atoms with E-state index in [0.717, 1.165) is 11.3 Å². The van der Waals surface area contributed by atoms with Gasteiger partial charge in [0.2, 0.25) is 0 Å². The summed E-state index contributed by atoms with van der Waals surface area (Å²) >= 11 is 6.28. The van der Waals surface area contributed by atoms with Crippen LogP contribution in [0.15, 0.2) is 103 Å². The Bertz CT molecular complexity index is 1710. The van der Waals surface area contributed by atoms with Gasteiger partial charge in [0.15, 0.2) is 17.3 Å². The first-order chi connectivity index (χ1) is 19.5. The molecular weight excluding hydrogens is 522 g/mol. The molecule has 196 valence electrons. The fraction of sp³-hybridized carbons (Fsp3) is 0.147. The van der Waals surface area contributed by atoms with Crippen LogP contribution < -0.4 is 9.64 Å². The molecule has 0 aromatic heterocycles. The predicted molar refractivity (Wildman–Crippen MR) is 155 cm³/mol. The van der Waals surface area contributed by atoms with Crippen LogP contribution in [0, 0.1) is 5.41 Å². The number of nitrogens with zero attached hydrogens (tertiary/aromatic N) is 1. The van der Waals surface area contributed by atoms with Gasteiger partial charge in [-0.05, 0) is 41.5 Å². The van der Waals surface area contributed by atoms with E-state index >= 15 is 0 Å². The Morgan fingerprint density at radius 1 is 0.850 bits per heavy atom. The van der Waals surface area contributed by atoms with Crippen LogP contribution in [0.4, 0.5) is 5.69 Å². The molecule has 1 fully saturated rings. The summed E-state index contributed by atoms with van der Waals surface area (Å²) in [7, 11) is 1.56. The van der Waals surface area contributed by atoms with Gasteiger partial charge in [-0.2, -0.15) is 0 Å². The number of ketones is 3. The summed E-state index contributed by atoms with van der Waals surface area (Å²) < 4.78 is 5.43. The number of ether oxygens (including phenoxy) is 1. The Labute approximate surface area is 236 Å². The molecule has 2 heterocycles. The van der Waals surface area contributed by atoms with E-state index in [-0.39, 0.29) is 17.3 Å². The van der Waals surface area contributed by atoms with Gasteiger partial charge in [-0.1, -0.05) is 90.5 Å². The molecule has 2 aliphatic heterocycles. The van der Waals surface area contributed by atoms with E-state index in [1.165, 1.54) is 0 Å². The van der Waals surface area contributed by atoms with Crippen molar-refractivity contribution in [1.29, 1.82) is 0 Å². The summed E-state index contributed by atoms with van der Waals surface area (Å²) in [6, 6.07) is 27.4. The zero-order valence-corrected chi connectivity index (χ0v) is 22.3. The number of carbonyl (C=O) groups excluding carboxylic acids is 3. The van der Waals surface area contributed by atoms with Crippen molar-refractivity contribution in [3.05, 3.63) is 136 Å². The van der Waals surface area contributed by atoms with Crippen LogP contribution in [0.1, 0.15) is 48.1 Å². The van der Waals surface area contributed by atoms with E-state index in [4.69, 9.17) is 16.3 Å². The summed E-state index contributed by atoms with van der Waals surface area (Å²) in [5, 5.41) is 0.529. The number of carbonyl (C=O) groups is 3. The molecule has 1 aliphatic carbocycles. The standard InChI is InChI=1S/C34H24ClNO4/c1-40-24-9-6-8-22(19-24)31(37)30-29(21-13-16-23(35)17-14-21)34(32(38)25-10-3-4-11-26(25)33(34)39)28-18-15-20-7-2-5-12-27(20)36(28)30/h2-19,28-30H,1H3. The maximum atomic E-state index is 14.7. The Hall–Kier alpha value is -4.48. The van der Waals surface area contributed by atoms with Crippen molar-refractivity contribution in [3.8, 4) is 5.75 Å². The highest BCUT2D eigenvalue weighted by Crippen LogP contribution is 2.61. The third-order valence-electron chi connectivity index (χ3n) is 8.56. The molecular formula is C34H24ClNO4. The number of hydrogen-bond acceptors (Lipinski definition) is 5. The average molecular weight is 546 g/mol. The van der Waals surface area contributed by atoms with Gasteiger partial charge in [0.1, 0.15) is 17.2 Å². The lowest BCUT2D eigenvalue weighted by atomic mass is 9.64. The molecule has 4 aromatic carbocycles. The van der Waals surface area contributed by atoms with Crippen LogP contribution in [-0.2, 0) is 0 Å². The maximum Gasteiger partial charge on any atom is 0.186 e. The lowest BCUT2D eigenvalue weighted by molar-refractivity contribution is 0.0666. The van der Waals surface area contributed by atoms with Crippen LogP contribution >= 0.6 is 11.6 Å². The smallest absolute Gasteiger partial charge is 0.186 e. The number of halogens is 1. The van der Waals surface area contributed by atoms with Crippen molar-refractivity contribution in [2.75, 3.05) is 12.0 Å². The fourth-order valence-electron chi connectivity index (χ4n) is 6.91. The number of rotatable bonds is 4. The molecule has 3 aliphatic rings. The lowest BCUT2D eigenvalue weighted by Gasteiger charge is -2.37. The summed E-state index contributed by atoms with van der Waals surface area (Å²) in [6.45, 7) is 0. The molecule has 7 rings (SSSR count). The van der Waals surface area contributed by atoms with E-state index in [9.17, 15) is 14.4 Å². The molecule has 0 amide bonds. The highest BCUT2D eigenvalue weighted by molar-refractivity contribution is 6.32. The number of fused-ring (bicyclic) bond motifs is 5. The van der Waals surface area contributed by atoms with Crippen LogP contribution in [0.3, 0.4) is 0 Å². The van der Waals surface area contributed by atoms with E-state index in [2.05, 4.69) is 0 Å². The molecule has 5 nitrogen and oxygen atoms in total. The molecule has 3 unspecified atom stereocenters. The van der Waals surface area contributed by atoms with Gasteiger partial charge in [-0.3, -0.25) is 14.4 Å². The zero-order chi connectivity index (χ0) is 27.6. The highest BCUT2D eigenvalue weighted by atomic mass is 35.5. The largest absolute Gasteiger partial charge is 0.497 e. The third-order valence-corrected chi connectivity index (χ3v) is 8.82. The van der Waals surface area contributed by atoms with Crippen molar-refractivity contribution in [1.82, 2.24) is 0 Å². The Kier molecular flexibility index (Phi) is 5.55. The van der Waals surface area contributed by atoms with Gasteiger partial charge < -0.3 is 9.64 Å². The highest BCUT2D eigenvalue weighted by Gasteiger charge is 2.71. The minimum Gasteiger partial charge on any atom is -0.497 e. The maximum absolute atomic E-state index is 14.7. The lowest BCUT2D eigenvalue weighted by Crippen LogP contribution is -2.48. The SMILES string of the molecule is COc1cccc(C(=O)C2C(c3ccc(Cl)cc3)C3(C(=O)c4ccccc4C3=O)C3C=Cc4ccccc4N23)c1. The summed E-state index contributed by atoms with van der Waals surface area (Å²) in [4.78, 5) is 45.9. The Balaban J connectivity index is 1.54. The molecule has 3 atom stereocenters. The van der Waals surface area contributed by atoms with Gasteiger partial charge in [-0.15, -0.1) is 0 Å². The number of Topliss-reactive ketones (excluding diaryl/α,β-unsaturated/α-hetero) is 3. The quantitative estimate of drug-likeness (QED) is 0.212. The normalized spacial score (nSPS) is 21.8. The van der Waals surface area contributed by atoms with Gasteiger partial charge in [0.05, 0.1) is 13.2 Å². The molecule has 0 N–H and O–H groups in total. The summed E-state index contributed by atoms with van der Waals surface area (Å²) in [5.74, 6) is -0.933. The molecule has 4 aromatic rings. The van der Waals surface area contributed by atoms with Crippen LogP contribution in [0.5, 0.6) is 5.75 Å². The number of methoxy groups -OCH3 is 1. The van der Waals surface area contributed by atoms with Crippen molar-refractivity contribution in [2.24, 2.45) is 5.41 Å². The first kappa shape index (κ1) is 24.6. The van der Waals surface area contributed by atoms with E-state index in [1.54, 1.807) is 67.8 Å². The minimum atomic E-state index is -1.54.